The summed E-state index contributed by atoms with van der Waals surface area (Å²) in [5.74, 6) is -0.0456. The number of nitro benzene ring substituents is 1. The molecule has 1 aromatic rings. The Balaban J connectivity index is 2.94. The van der Waals surface area contributed by atoms with Crippen LogP contribution in [0.2, 0.25) is 0 Å². The van der Waals surface area contributed by atoms with Crippen LogP contribution in [0.3, 0.4) is 0 Å². The monoisotopic (exact) mass is 208 g/mol. The Hall–Kier alpha value is -1.91. The maximum atomic E-state index is 10.4. The van der Waals surface area contributed by atoms with Gasteiger partial charge in [0.05, 0.1) is 10.6 Å². The molecule has 0 fully saturated rings. The summed E-state index contributed by atoms with van der Waals surface area (Å²) in [6.45, 7) is 3.57. The largest absolute Gasteiger partial charge is 0.411 e. The fraction of sp³-hybridized carbons (Fsp3) is 0.300. The lowest BCUT2D eigenvalue weighted by Gasteiger charge is -2.09. The maximum absolute atomic E-state index is 10.4. The quantitative estimate of drug-likeness (QED) is 0.359. The molecule has 0 aliphatic rings. The molecule has 1 rings (SSSR count). The van der Waals surface area contributed by atoms with Crippen LogP contribution in [0, 0.1) is 10.1 Å². The first-order valence-corrected chi connectivity index (χ1v) is 4.49. The van der Waals surface area contributed by atoms with Gasteiger partial charge in [-0.15, -0.1) is 0 Å². The first-order valence-electron chi connectivity index (χ1n) is 4.49. The van der Waals surface area contributed by atoms with Crippen molar-refractivity contribution in [1.29, 1.82) is 0 Å². The fourth-order valence-corrected chi connectivity index (χ4v) is 1.21. The summed E-state index contributed by atoms with van der Waals surface area (Å²) in [4.78, 5) is 9.97. The third kappa shape index (κ3) is 2.52. The Morgan fingerprint density at radius 3 is 2.40 bits per heavy atom. The van der Waals surface area contributed by atoms with E-state index >= 15 is 0 Å². The number of hydrogen-bond donors (Lipinski definition) is 1. The molecule has 1 atom stereocenters. The zero-order valence-corrected chi connectivity index (χ0v) is 8.54. The van der Waals surface area contributed by atoms with Crippen molar-refractivity contribution >= 4 is 11.4 Å². The highest BCUT2D eigenvalue weighted by atomic mass is 16.6. The third-order valence-electron chi connectivity index (χ3n) is 2.39. The molecule has 1 unspecified atom stereocenters. The average Bonchev–Trinajstić information content (AvgIpc) is 2.27. The van der Waals surface area contributed by atoms with Crippen LogP contribution in [0.25, 0.3) is 0 Å². The molecule has 15 heavy (non-hydrogen) atoms. The van der Waals surface area contributed by atoms with Gasteiger partial charge in [-0.25, -0.2) is 0 Å². The van der Waals surface area contributed by atoms with E-state index in [1.54, 1.807) is 19.1 Å². The Bertz CT molecular complexity index is 384. The number of benzene rings is 1. The number of nitrogens with zero attached hydrogens (tertiary/aromatic N) is 2. The van der Waals surface area contributed by atoms with Gasteiger partial charge in [-0.05, 0) is 12.5 Å². The number of hydrogen-bond acceptors (Lipinski definition) is 4. The van der Waals surface area contributed by atoms with Crippen molar-refractivity contribution < 1.29 is 10.1 Å². The van der Waals surface area contributed by atoms with Crippen LogP contribution in [0.15, 0.2) is 29.4 Å². The van der Waals surface area contributed by atoms with Crippen molar-refractivity contribution in [2.75, 3.05) is 0 Å². The van der Waals surface area contributed by atoms with Gasteiger partial charge in [-0.1, -0.05) is 24.2 Å². The molecule has 0 spiro atoms. The van der Waals surface area contributed by atoms with Gasteiger partial charge >= 0.3 is 0 Å². The number of non-ortho nitro benzene ring substituents is 1. The minimum absolute atomic E-state index is 0.0456. The Labute approximate surface area is 87.2 Å². The lowest BCUT2D eigenvalue weighted by Crippen LogP contribution is -2.04. The van der Waals surface area contributed by atoms with Crippen molar-refractivity contribution in [2.45, 2.75) is 19.8 Å². The van der Waals surface area contributed by atoms with Crippen molar-refractivity contribution in [3.63, 3.8) is 0 Å². The van der Waals surface area contributed by atoms with Crippen LogP contribution < -0.4 is 0 Å². The Kier molecular flexibility index (Phi) is 3.38. The second-order valence-corrected chi connectivity index (χ2v) is 3.31. The van der Waals surface area contributed by atoms with Gasteiger partial charge in [0.2, 0.25) is 0 Å². The first-order chi connectivity index (χ1) is 7.06. The molecule has 0 heterocycles. The molecule has 0 amide bonds. The topological polar surface area (TPSA) is 75.7 Å². The van der Waals surface area contributed by atoms with Gasteiger partial charge in [0.25, 0.3) is 5.69 Å². The summed E-state index contributed by atoms with van der Waals surface area (Å²) in [5.41, 5.74) is 1.52. The lowest BCUT2D eigenvalue weighted by atomic mass is 9.97. The third-order valence-corrected chi connectivity index (χ3v) is 2.39. The predicted octanol–water partition coefficient (Wildman–Crippen LogP) is 2.55. The molecule has 5 nitrogen and oxygen atoms in total. The van der Waals surface area contributed by atoms with Gasteiger partial charge in [0.1, 0.15) is 0 Å². The maximum Gasteiger partial charge on any atom is 0.269 e. The van der Waals surface area contributed by atoms with Crippen molar-refractivity contribution in [1.82, 2.24) is 0 Å². The molecule has 1 N–H and O–H groups in total. The molecule has 0 saturated heterocycles. The van der Waals surface area contributed by atoms with E-state index in [0.29, 0.717) is 5.71 Å². The minimum atomic E-state index is -0.443. The van der Waals surface area contributed by atoms with Crippen LogP contribution >= 0.6 is 0 Å². The Morgan fingerprint density at radius 1 is 1.47 bits per heavy atom. The molecule has 0 bridgehead atoms. The SMILES string of the molecule is C/C(=N\O)C(C)c1ccc([N+](=O)[O-])cc1. The fourth-order valence-electron chi connectivity index (χ4n) is 1.21. The standard InChI is InChI=1S/C10H12N2O3/c1-7(8(2)11-13)9-3-5-10(6-4-9)12(14)15/h3-7,13H,1-2H3/b11-8+. The summed E-state index contributed by atoms with van der Waals surface area (Å²) in [7, 11) is 0. The van der Waals surface area contributed by atoms with Crippen molar-refractivity contribution in [3.8, 4) is 0 Å². The second kappa shape index (κ2) is 4.54. The van der Waals surface area contributed by atoms with E-state index in [2.05, 4.69) is 5.16 Å². The van der Waals surface area contributed by atoms with E-state index in [-0.39, 0.29) is 11.6 Å². The molecule has 0 aromatic heterocycles. The molecular weight excluding hydrogens is 196 g/mol. The molecule has 5 heteroatoms. The van der Waals surface area contributed by atoms with E-state index in [9.17, 15) is 10.1 Å². The van der Waals surface area contributed by atoms with E-state index in [0.717, 1.165) is 5.56 Å². The highest BCUT2D eigenvalue weighted by molar-refractivity contribution is 5.87. The minimum Gasteiger partial charge on any atom is -0.411 e. The highest BCUT2D eigenvalue weighted by Gasteiger charge is 2.11. The zero-order valence-electron chi connectivity index (χ0n) is 8.54. The van der Waals surface area contributed by atoms with Crippen molar-refractivity contribution in [2.24, 2.45) is 5.16 Å². The van der Waals surface area contributed by atoms with Gasteiger partial charge in [0, 0.05) is 18.1 Å². The molecule has 0 radical (unpaired) electrons. The number of nitro groups is 1. The molecule has 0 aliphatic carbocycles. The van der Waals surface area contributed by atoms with Gasteiger partial charge in [-0.2, -0.15) is 0 Å². The Morgan fingerprint density at radius 2 is 2.00 bits per heavy atom. The normalized spacial score (nSPS) is 13.6. The van der Waals surface area contributed by atoms with Crippen molar-refractivity contribution in [3.05, 3.63) is 39.9 Å². The summed E-state index contributed by atoms with van der Waals surface area (Å²) in [6, 6.07) is 6.21. The summed E-state index contributed by atoms with van der Waals surface area (Å²) < 4.78 is 0. The van der Waals surface area contributed by atoms with E-state index < -0.39 is 4.92 Å². The molecule has 80 valence electrons. The van der Waals surface area contributed by atoms with Crippen LogP contribution in [0.4, 0.5) is 5.69 Å². The van der Waals surface area contributed by atoms with Crippen LogP contribution in [-0.2, 0) is 0 Å². The molecule has 0 aliphatic heterocycles. The second-order valence-electron chi connectivity index (χ2n) is 3.31. The molecule has 1 aromatic carbocycles. The molecular formula is C10H12N2O3. The van der Waals surface area contributed by atoms with Gasteiger partial charge in [-0.3, -0.25) is 10.1 Å². The van der Waals surface area contributed by atoms with Gasteiger partial charge in [0.15, 0.2) is 0 Å². The van der Waals surface area contributed by atoms with E-state index in [4.69, 9.17) is 5.21 Å². The summed E-state index contributed by atoms with van der Waals surface area (Å²) in [6.07, 6.45) is 0. The predicted molar refractivity (Wildman–Crippen MR) is 56.4 cm³/mol. The van der Waals surface area contributed by atoms with Crippen LogP contribution in [0.5, 0.6) is 0 Å². The smallest absolute Gasteiger partial charge is 0.269 e. The summed E-state index contributed by atoms with van der Waals surface area (Å²) >= 11 is 0. The highest BCUT2D eigenvalue weighted by Crippen LogP contribution is 2.20. The number of rotatable bonds is 3. The first kappa shape index (κ1) is 11.2. The van der Waals surface area contributed by atoms with Crippen LogP contribution in [0.1, 0.15) is 25.3 Å². The molecule has 0 saturated carbocycles. The van der Waals surface area contributed by atoms with E-state index in [1.807, 2.05) is 6.92 Å². The van der Waals surface area contributed by atoms with Gasteiger partial charge < -0.3 is 5.21 Å². The summed E-state index contributed by atoms with van der Waals surface area (Å²) in [5, 5.41) is 22.1. The van der Waals surface area contributed by atoms with E-state index in [1.165, 1.54) is 12.1 Å². The zero-order chi connectivity index (χ0) is 11.4. The average molecular weight is 208 g/mol. The van der Waals surface area contributed by atoms with Crippen LogP contribution in [-0.4, -0.2) is 15.8 Å². The lowest BCUT2D eigenvalue weighted by molar-refractivity contribution is -0.384. The number of oxime groups is 1.